The second-order valence-corrected chi connectivity index (χ2v) is 7.05. The van der Waals surface area contributed by atoms with Gasteiger partial charge in [-0.25, -0.2) is 0 Å². The van der Waals surface area contributed by atoms with E-state index in [2.05, 4.69) is 31.7 Å². The molecule has 0 radical (unpaired) electrons. The van der Waals surface area contributed by atoms with Crippen LogP contribution in [0.25, 0.3) is 0 Å². The van der Waals surface area contributed by atoms with Crippen LogP contribution in [-0.2, 0) is 18.4 Å². The highest BCUT2D eigenvalue weighted by molar-refractivity contribution is 9.10. The topological polar surface area (TPSA) is 59.0 Å². The minimum Gasteiger partial charge on any atom is -0.348 e. The summed E-state index contributed by atoms with van der Waals surface area (Å²) in [5, 5.41) is 11.5. The molecule has 2 aromatic rings. The number of nitrogens with zero attached hydrogens (tertiary/aromatic N) is 2. The summed E-state index contributed by atoms with van der Waals surface area (Å²) >= 11 is 9.52. The van der Waals surface area contributed by atoms with Gasteiger partial charge in [-0.2, -0.15) is 5.10 Å². The van der Waals surface area contributed by atoms with Crippen LogP contribution in [0.2, 0.25) is 5.02 Å². The Morgan fingerprint density at radius 2 is 2.35 bits per heavy atom. The van der Waals surface area contributed by atoms with E-state index >= 15 is 0 Å². The van der Waals surface area contributed by atoms with Crippen molar-refractivity contribution in [1.82, 2.24) is 20.4 Å². The Morgan fingerprint density at radius 1 is 1.52 bits per heavy atom. The summed E-state index contributed by atoms with van der Waals surface area (Å²) in [4.78, 5) is 11.8. The third-order valence-corrected chi connectivity index (χ3v) is 5.03. The molecule has 2 heterocycles. The maximum absolute atomic E-state index is 11.8. The number of carbonyl (C=O) groups is 1. The average Bonchev–Trinajstić information content (AvgIpc) is 2.94. The van der Waals surface area contributed by atoms with Crippen molar-refractivity contribution in [2.45, 2.75) is 31.5 Å². The van der Waals surface area contributed by atoms with E-state index in [-0.39, 0.29) is 18.0 Å². The molecule has 0 bridgehead atoms. The molecule has 122 valence electrons. The fourth-order valence-electron chi connectivity index (χ4n) is 2.84. The monoisotopic (exact) mass is 396 g/mol. The van der Waals surface area contributed by atoms with Crippen LogP contribution in [0.3, 0.4) is 0 Å². The van der Waals surface area contributed by atoms with Gasteiger partial charge in [-0.05, 0) is 24.1 Å². The van der Waals surface area contributed by atoms with Crippen LogP contribution in [0.5, 0.6) is 0 Å². The van der Waals surface area contributed by atoms with Crippen LogP contribution in [0.1, 0.15) is 30.0 Å². The number of hydrogen-bond donors (Lipinski definition) is 2. The molecule has 2 N–H and O–H groups in total. The smallest absolute Gasteiger partial charge is 0.220 e. The van der Waals surface area contributed by atoms with E-state index in [0.717, 1.165) is 22.0 Å². The van der Waals surface area contributed by atoms with Gasteiger partial charge in [0, 0.05) is 47.3 Å². The standard InChI is InChI=1S/C16H18BrClN4O/c1-22-9-11(8-20-22)16-14(4-5-15(23)21-16)19-7-10-2-3-12(18)6-13(10)17/h2-3,6,8-9,14,16,19H,4-5,7H2,1H3,(H,21,23)/t14-,16+/m1/s1. The highest BCUT2D eigenvalue weighted by Gasteiger charge is 2.30. The van der Waals surface area contributed by atoms with Crippen molar-refractivity contribution >= 4 is 33.4 Å². The van der Waals surface area contributed by atoms with Gasteiger partial charge in [0.1, 0.15) is 0 Å². The van der Waals surface area contributed by atoms with Gasteiger partial charge in [-0.15, -0.1) is 0 Å². The number of carbonyl (C=O) groups excluding carboxylic acids is 1. The summed E-state index contributed by atoms with van der Waals surface area (Å²) in [6.45, 7) is 0.703. The molecule has 0 aliphatic carbocycles. The summed E-state index contributed by atoms with van der Waals surface area (Å²) in [5.74, 6) is 0.0876. The molecule has 3 rings (SSSR count). The van der Waals surface area contributed by atoms with E-state index in [1.165, 1.54) is 0 Å². The average molecular weight is 398 g/mol. The second-order valence-electron chi connectivity index (χ2n) is 5.75. The number of piperidine rings is 1. The molecule has 1 aliphatic heterocycles. The fourth-order valence-corrected chi connectivity index (χ4v) is 3.66. The van der Waals surface area contributed by atoms with Crippen molar-refractivity contribution in [2.24, 2.45) is 7.05 Å². The maximum atomic E-state index is 11.8. The van der Waals surface area contributed by atoms with Crippen molar-refractivity contribution in [3.63, 3.8) is 0 Å². The zero-order chi connectivity index (χ0) is 16.4. The summed E-state index contributed by atoms with van der Waals surface area (Å²) in [6.07, 6.45) is 5.10. The molecule has 1 aromatic carbocycles. The Labute approximate surface area is 148 Å². The molecule has 1 fully saturated rings. The van der Waals surface area contributed by atoms with Gasteiger partial charge in [0.15, 0.2) is 0 Å². The first-order chi connectivity index (χ1) is 11.0. The van der Waals surface area contributed by atoms with Crippen molar-refractivity contribution < 1.29 is 4.79 Å². The Kier molecular flexibility index (Phi) is 5.04. The minimum absolute atomic E-state index is 0.0592. The summed E-state index contributed by atoms with van der Waals surface area (Å²) < 4.78 is 2.73. The van der Waals surface area contributed by atoms with Crippen molar-refractivity contribution in [2.75, 3.05) is 0 Å². The largest absolute Gasteiger partial charge is 0.348 e. The molecule has 5 nitrogen and oxygen atoms in total. The third-order valence-electron chi connectivity index (χ3n) is 4.06. The molecule has 1 amide bonds. The molecular weight excluding hydrogens is 380 g/mol. The number of aryl methyl sites for hydroxylation is 1. The normalized spacial score (nSPS) is 21.3. The predicted octanol–water partition coefficient (Wildman–Crippen LogP) is 2.95. The summed E-state index contributed by atoms with van der Waals surface area (Å²) in [6, 6.07) is 5.88. The number of nitrogens with one attached hydrogen (secondary N) is 2. The Balaban J connectivity index is 1.72. The van der Waals surface area contributed by atoms with Crippen LogP contribution in [0.4, 0.5) is 0 Å². The number of rotatable bonds is 4. The van der Waals surface area contributed by atoms with Gasteiger partial charge in [-0.3, -0.25) is 9.48 Å². The van der Waals surface area contributed by atoms with Gasteiger partial charge < -0.3 is 10.6 Å². The maximum Gasteiger partial charge on any atom is 0.220 e. The molecule has 0 unspecified atom stereocenters. The summed E-state index contributed by atoms with van der Waals surface area (Å²) in [7, 11) is 1.88. The number of hydrogen-bond acceptors (Lipinski definition) is 3. The lowest BCUT2D eigenvalue weighted by molar-refractivity contribution is -0.123. The van der Waals surface area contributed by atoms with Crippen LogP contribution in [0, 0.1) is 0 Å². The Morgan fingerprint density at radius 3 is 3.04 bits per heavy atom. The predicted molar refractivity (Wildman–Crippen MR) is 93.1 cm³/mol. The first kappa shape index (κ1) is 16.5. The molecule has 1 aliphatic rings. The van der Waals surface area contributed by atoms with E-state index in [0.29, 0.717) is 18.0 Å². The number of halogens is 2. The minimum atomic E-state index is -0.0592. The van der Waals surface area contributed by atoms with Crippen molar-refractivity contribution in [3.8, 4) is 0 Å². The lowest BCUT2D eigenvalue weighted by atomic mass is 9.93. The quantitative estimate of drug-likeness (QED) is 0.834. The van der Waals surface area contributed by atoms with Crippen molar-refractivity contribution in [3.05, 3.63) is 51.2 Å². The zero-order valence-electron chi connectivity index (χ0n) is 12.7. The lowest BCUT2D eigenvalue weighted by Crippen LogP contribution is -2.48. The lowest BCUT2D eigenvalue weighted by Gasteiger charge is -2.32. The highest BCUT2D eigenvalue weighted by Crippen LogP contribution is 2.26. The van der Waals surface area contributed by atoms with E-state index in [9.17, 15) is 4.79 Å². The van der Waals surface area contributed by atoms with E-state index in [1.54, 1.807) is 4.68 Å². The molecule has 7 heteroatoms. The fraction of sp³-hybridized carbons (Fsp3) is 0.375. The van der Waals surface area contributed by atoms with Crippen LogP contribution < -0.4 is 10.6 Å². The van der Waals surface area contributed by atoms with Gasteiger partial charge in [-0.1, -0.05) is 33.6 Å². The molecule has 1 saturated heterocycles. The van der Waals surface area contributed by atoms with Crippen LogP contribution >= 0.6 is 27.5 Å². The van der Waals surface area contributed by atoms with Gasteiger partial charge in [0.25, 0.3) is 0 Å². The molecule has 2 atom stereocenters. The Bertz CT molecular complexity index is 718. The molecule has 0 saturated carbocycles. The molecular formula is C16H18BrClN4O. The zero-order valence-corrected chi connectivity index (χ0v) is 15.1. The second kappa shape index (κ2) is 7.03. The SMILES string of the molecule is Cn1cc([C@@H]2NC(=O)CC[C@H]2NCc2ccc(Cl)cc2Br)cn1. The highest BCUT2D eigenvalue weighted by atomic mass is 79.9. The van der Waals surface area contributed by atoms with E-state index < -0.39 is 0 Å². The van der Waals surface area contributed by atoms with Gasteiger partial charge >= 0.3 is 0 Å². The first-order valence-electron chi connectivity index (χ1n) is 7.48. The number of amides is 1. The summed E-state index contributed by atoms with van der Waals surface area (Å²) in [5.41, 5.74) is 2.16. The van der Waals surface area contributed by atoms with Crippen LogP contribution in [-0.4, -0.2) is 21.7 Å². The van der Waals surface area contributed by atoms with E-state index in [4.69, 9.17) is 11.6 Å². The third kappa shape index (κ3) is 3.94. The van der Waals surface area contributed by atoms with Crippen molar-refractivity contribution in [1.29, 1.82) is 0 Å². The van der Waals surface area contributed by atoms with E-state index in [1.807, 2.05) is 37.6 Å². The molecule has 23 heavy (non-hydrogen) atoms. The van der Waals surface area contributed by atoms with Gasteiger partial charge in [0.2, 0.25) is 5.91 Å². The number of aromatic nitrogens is 2. The first-order valence-corrected chi connectivity index (χ1v) is 8.65. The molecule has 0 spiro atoms. The molecule has 1 aromatic heterocycles. The number of benzene rings is 1. The Hall–Kier alpha value is -1.37. The van der Waals surface area contributed by atoms with Crippen LogP contribution in [0.15, 0.2) is 35.1 Å². The van der Waals surface area contributed by atoms with Gasteiger partial charge in [0.05, 0.1) is 12.2 Å².